The lowest BCUT2D eigenvalue weighted by Gasteiger charge is -2.23. The van der Waals surface area contributed by atoms with Crippen LogP contribution in [0.3, 0.4) is 0 Å². The lowest BCUT2D eigenvalue weighted by atomic mass is 10.1. The van der Waals surface area contributed by atoms with Gasteiger partial charge in [0.2, 0.25) is 0 Å². The van der Waals surface area contributed by atoms with Crippen molar-refractivity contribution in [1.29, 1.82) is 0 Å². The number of carbonyl (C=O) groups excluding carboxylic acids is 1. The van der Waals surface area contributed by atoms with Crippen molar-refractivity contribution in [1.82, 2.24) is 14.7 Å². The van der Waals surface area contributed by atoms with Gasteiger partial charge >= 0.3 is 0 Å². The second kappa shape index (κ2) is 10.3. The van der Waals surface area contributed by atoms with Crippen molar-refractivity contribution in [3.8, 4) is 17.1 Å². The molecule has 2 heterocycles. The third-order valence-corrected chi connectivity index (χ3v) is 5.94. The molecule has 0 saturated heterocycles. The summed E-state index contributed by atoms with van der Waals surface area (Å²) < 4.78 is 7.53. The molecular weight excluding hydrogens is 434 g/mol. The number of carbonyl (C=O) groups is 1. The summed E-state index contributed by atoms with van der Waals surface area (Å²) in [5, 5.41) is 4.77. The molecule has 0 aliphatic carbocycles. The van der Waals surface area contributed by atoms with Gasteiger partial charge in [0.05, 0.1) is 5.69 Å². The van der Waals surface area contributed by atoms with Crippen molar-refractivity contribution < 1.29 is 9.21 Å². The number of para-hydroxylation sites is 1. The zero-order valence-corrected chi connectivity index (χ0v) is 19.7. The summed E-state index contributed by atoms with van der Waals surface area (Å²) in [5.74, 6) is 1.37. The molecule has 3 aromatic carbocycles. The molecule has 174 valence electrons. The van der Waals surface area contributed by atoms with E-state index in [2.05, 4.69) is 12.1 Å². The van der Waals surface area contributed by atoms with Crippen molar-refractivity contribution in [3.63, 3.8) is 0 Å². The number of nitrogens with zero attached hydrogens (tertiary/aromatic N) is 3. The normalized spacial score (nSPS) is 10.9. The molecule has 5 rings (SSSR count). The van der Waals surface area contributed by atoms with Crippen molar-refractivity contribution in [2.45, 2.75) is 19.9 Å². The highest BCUT2D eigenvalue weighted by molar-refractivity contribution is 5.94. The maximum absolute atomic E-state index is 14.0. The van der Waals surface area contributed by atoms with Gasteiger partial charge in [-0.3, -0.25) is 4.79 Å². The van der Waals surface area contributed by atoms with E-state index in [1.54, 1.807) is 4.68 Å². The molecule has 1 amide bonds. The van der Waals surface area contributed by atoms with E-state index in [0.717, 1.165) is 23.4 Å². The zero-order chi connectivity index (χ0) is 24.0. The predicted octanol–water partition coefficient (Wildman–Crippen LogP) is 6.33. The molecule has 0 N–H and O–H groups in total. The van der Waals surface area contributed by atoms with Gasteiger partial charge in [0, 0.05) is 19.2 Å². The molecule has 0 bridgehead atoms. The van der Waals surface area contributed by atoms with Crippen molar-refractivity contribution in [2.24, 2.45) is 0 Å². The van der Waals surface area contributed by atoms with Crippen LogP contribution < -0.4 is 0 Å². The van der Waals surface area contributed by atoms with E-state index in [1.807, 2.05) is 109 Å². The fourth-order valence-electron chi connectivity index (χ4n) is 4.12. The molecule has 0 atom stereocenters. The Hall–Kier alpha value is -4.38. The van der Waals surface area contributed by atoms with Gasteiger partial charge in [-0.2, -0.15) is 5.10 Å². The largest absolute Gasteiger partial charge is 0.460 e. The number of aryl methyl sites for hydroxylation is 1. The molecule has 0 radical (unpaired) electrons. The molecule has 0 unspecified atom stereocenters. The Morgan fingerprint density at radius 2 is 1.46 bits per heavy atom. The van der Waals surface area contributed by atoms with Crippen LogP contribution in [0.5, 0.6) is 0 Å². The first-order valence-electron chi connectivity index (χ1n) is 11.8. The first kappa shape index (κ1) is 22.4. The first-order chi connectivity index (χ1) is 17.2. The Balaban J connectivity index is 1.52. The van der Waals surface area contributed by atoms with Crippen LogP contribution >= 0.6 is 0 Å². The predicted molar refractivity (Wildman–Crippen MR) is 137 cm³/mol. The van der Waals surface area contributed by atoms with Gasteiger partial charge in [0.25, 0.3) is 5.91 Å². The van der Waals surface area contributed by atoms with E-state index in [1.165, 1.54) is 5.56 Å². The zero-order valence-electron chi connectivity index (χ0n) is 19.7. The highest BCUT2D eigenvalue weighted by Gasteiger charge is 2.24. The second-order valence-electron chi connectivity index (χ2n) is 8.52. The molecule has 2 aromatic heterocycles. The Morgan fingerprint density at radius 1 is 0.829 bits per heavy atom. The Bertz CT molecular complexity index is 1390. The molecule has 0 aliphatic heterocycles. The van der Waals surface area contributed by atoms with Gasteiger partial charge in [0.15, 0.2) is 5.76 Å². The molecule has 5 nitrogen and oxygen atoms in total. The Kier molecular flexibility index (Phi) is 6.57. The third kappa shape index (κ3) is 5.25. The topological polar surface area (TPSA) is 51.3 Å². The first-order valence-corrected chi connectivity index (χ1v) is 11.8. The summed E-state index contributed by atoms with van der Waals surface area (Å²) in [6.45, 7) is 3.00. The molecule has 0 aliphatic rings. The van der Waals surface area contributed by atoms with Crippen molar-refractivity contribution in [2.75, 3.05) is 6.54 Å². The van der Waals surface area contributed by atoms with Crippen molar-refractivity contribution >= 4 is 5.91 Å². The van der Waals surface area contributed by atoms with Gasteiger partial charge in [0.1, 0.15) is 17.1 Å². The van der Waals surface area contributed by atoms with Crippen LogP contribution in [0.15, 0.2) is 114 Å². The quantitative estimate of drug-likeness (QED) is 0.271. The molecule has 0 fully saturated rings. The maximum atomic E-state index is 14.0. The van der Waals surface area contributed by atoms with Gasteiger partial charge in [-0.05, 0) is 48.7 Å². The lowest BCUT2D eigenvalue weighted by molar-refractivity contribution is 0.0736. The number of rotatable bonds is 8. The number of hydrogen-bond donors (Lipinski definition) is 0. The Morgan fingerprint density at radius 3 is 2.09 bits per heavy atom. The van der Waals surface area contributed by atoms with Crippen molar-refractivity contribution in [3.05, 3.63) is 132 Å². The summed E-state index contributed by atoms with van der Waals surface area (Å²) in [7, 11) is 0. The van der Waals surface area contributed by atoms with Crippen LogP contribution in [0.2, 0.25) is 0 Å². The van der Waals surface area contributed by atoms with Gasteiger partial charge in [-0.25, -0.2) is 4.68 Å². The van der Waals surface area contributed by atoms with E-state index >= 15 is 0 Å². The van der Waals surface area contributed by atoms with Crippen LogP contribution in [0, 0.1) is 6.92 Å². The van der Waals surface area contributed by atoms with Gasteiger partial charge in [-0.15, -0.1) is 0 Å². The summed E-state index contributed by atoms with van der Waals surface area (Å²) in [4.78, 5) is 15.9. The summed E-state index contributed by atoms with van der Waals surface area (Å²) in [6.07, 6.45) is 0.767. The molecule has 0 spiro atoms. The SMILES string of the molecule is Cc1ccc(-c2cc(C(=O)N(CCc3ccccc3)Cc3ccccc3)n(-c3ccccc3)n2)o1. The monoisotopic (exact) mass is 461 g/mol. The summed E-state index contributed by atoms with van der Waals surface area (Å²) in [6, 6.07) is 35.7. The average Bonchev–Trinajstić information content (AvgIpc) is 3.54. The van der Waals surface area contributed by atoms with E-state index in [4.69, 9.17) is 9.52 Å². The average molecular weight is 462 g/mol. The van der Waals surface area contributed by atoms with E-state index < -0.39 is 0 Å². The highest BCUT2D eigenvalue weighted by atomic mass is 16.3. The Labute approximate surface area is 205 Å². The number of hydrogen-bond acceptors (Lipinski definition) is 3. The molecular formula is C30H27N3O2. The number of furan rings is 1. The molecule has 0 saturated carbocycles. The minimum atomic E-state index is -0.0735. The van der Waals surface area contributed by atoms with Crippen LogP contribution in [0.1, 0.15) is 27.4 Å². The maximum Gasteiger partial charge on any atom is 0.272 e. The summed E-state index contributed by atoms with van der Waals surface area (Å²) in [5.41, 5.74) is 4.24. The number of benzene rings is 3. The van der Waals surface area contributed by atoms with Crippen LogP contribution in [-0.2, 0) is 13.0 Å². The minimum absolute atomic E-state index is 0.0735. The number of aromatic nitrogens is 2. The standard InChI is InChI=1S/C30H27N3O2/c1-23-17-18-29(35-23)27-21-28(33(31-27)26-15-9-4-10-16-26)30(34)32(22-25-13-7-3-8-14-25)20-19-24-11-5-2-6-12-24/h2-18,21H,19-20,22H2,1H3. The van der Waals surface area contributed by atoms with Gasteiger partial charge < -0.3 is 9.32 Å². The van der Waals surface area contributed by atoms with E-state index in [9.17, 15) is 4.79 Å². The third-order valence-electron chi connectivity index (χ3n) is 5.94. The van der Waals surface area contributed by atoms with Crippen LogP contribution in [-0.4, -0.2) is 27.1 Å². The highest BCUT2D eigenvalue weighted by Crippen LogP contribution is 2.25. The van der Waals surface area contributed by atoms with Crippen LogP contribution in [0.25, 0.3) is 17.1 Å². The molecule has 35 heavy (non-hydrogen) atoms. The minimum Gasteiger partial charge on any atom is -0.460 e. The molecule has 5 heteroatoms. The van der Waals surface area contributed by atoms with Crippen LogP contribution in [0.4, 0.5) is 0 Å². The van der Waals surface area contributed by atoms with E-state index in [-0.39, 0.29) is 5.91 Å². The van der Waals surface area contributed by atoms with Gasteiger partial charge in [-0.1, -0.05) is 78.9 Å². The fourth-order valence-corrected chi connectivity index (χ4v) is 4.12. The number of amides is 1. The van der Waals surface area contributed by atoms with E-state index in [0.29, 0.717) is 30.2 Å². The molecule has 5 aromatic rings. The summed E-state index contributed by atoms with van der Waals surface area (Å²) >= 11 is 0. The lowest BCUT2D eigenvalue weighted by Crippen LogP contribution is -2.34. The second-order valence-corrected chi connectivity index (χ2v) is 8.52. The smallest absolute Gasteiger partial charge is 0.272 e. The fraction of sp³-hybridized carbons (Fsp3) is 0.133.